The van der Waals surface area contributed by atoms with Crippen molar-refractivity contribution in [1.82, 2.24) is 15.1 Å². The molecule has 2 atom stereocenters. The van der Waals surface area contributed by atoms with Crippen LogP contribution in [0, 0.1) is 12.8 Å². The molecule has 0 saturated carbocycles. The van der Waals surface area contributed by atoms with E-state index in [1.54, 1.807) is 0 Å². The zero-order chi connectivity index (χ0) is 10.8. The fourth-order valence-corrected chi connectivity index (χ4v) is 2.73. The third-order valence-corrected chi connectivity index (χ3v) is 3.42. The highest BCUT2D eigenvalue weighted by molar-refractivity contribution is 5.17. The Morgan fingerprint density at radius 3 is 2.93 bits per heavy atom. The number of hydrogen-bond donors (Lipinski definition) is 1. The van der Waals surface area contributed by atoms with Gasteiger partial charge in [0.1, 0.15) is 0 Å². The van der Waals surface area contributed by atoms with Crippen molar-refractivity contribution < 1.29 is 0 Å². The number of nitrogens with one attached hydrogen (secondary N) is 1. The molecule has 84 valence electrons. The molecule has 1 aliphatic heterocycles. The van der Waals surface area contributed by atoms with Crippen molar-refractivity contribution in [1.29, 1.82) is 0 Å². The van der Waals surface area contributed by atoms with Crippen molar-refractivity contribution in [2.24, 2.45) is 13.0 Å². The summed E-state index contributed by atoms with van der Waals surface area (Å²) < 4.78 is 2.05. The van der Waals surface area contributed by atoms with Gasteiger partial charge in [-0.3, -0.25) is 4.68 Å². The first-order chi connectivity index (χ1) is 7.22. The molecule has 2 unspecified atom stereocenters. The van der Waals surface area contributed by atoms with Gasteiger partial charge >= 0.3 is 0 Å². The second-order valence-corrected chi connectivity index (χ2v) is 4.65. The standard InChI is InChI=1S/C12H21N3/c1-4-5-10-7-13-8-11(10)12-6-9(2)14-15(12)3/h6,10-11,13H,4-5,7-8H2,1-3H3. The number of nitrogens with zero attached hydrogens (tertiary/aromatic N) is 2. The van der Waals surface area contributed by atoms with Gasteiger partial charge in [0.05, 0.1) is 5.69 Å². The van der Waals surface area contributed by atoms with Gasteiger partial charge in [-0.05, 0) is 31.9 Å². The Bertz CT molecular complexity index is 330. The summed E-state index contributed by atoms with van der Waals surface area (Å²) in [6, 6.07) is 2.24. The van der Waals surface area contributed by atoms with E-state index in [0.29, 0.717) is 5.92 Å². The normalized spacial score (nSPS) is 26.1. The maximum atomic E-state index is 4.44. The van der Waals surface area contributed by atoms with Gasteiger partial charge in [0, 0.05) is 25.2 Å². The molecule has 0 aromatic carbocycles. The molecule has 1 aliphatic rings. The van der Waals surface area contributed by atoms with E-state index in [4.69, 9.17) is 0 Å². The molecule has 2 rings (SSSR count). The molecule has 1 aromatic heterocycles. The zero-order valence-corrected chi connectivity index (χ0v) is 9.95. The Balaban J connectivity index is 2.18. The van der Waals surface area contributed by atoms with Gasteiger partial charge in [0.2, 0.25) is 0 Å². The largest absolute Gasteiger partial charge is 0.316 e. The first kappa shape index (κ1) is 10.7. The predicted molar refractivity (Wildman–Crippen MR) is 62.0 cm³/mol. The maximum absolute atomic E-state index is 4.44. The van der Waals surface area contributed by atoms with Crippen LogP contribution in [-0.2, 0) is 7.05 Å². The smallest absolute Gasteiger partial charge is 0.0596 e. The van der Waals surface area contributed by atoms with Gasteiger partial charge in [0.25, 0.3) is 0 Å². The molecular weight excluding hydrogens is 186 g/mol. The first-order valence-corrected chi connectivity index (χ1v) is 5.93. The van der Waals surface area contributed by atoms with Crippen LogP contribution in [0.4, 0.5) is 0 Å². The van der Waals surface area contributed by atoms with Crippen molar-refractivity contribution >= 4 is 0 Å². The summed E-state index contributed by atoms with van der Waals surface area (Å²) in [5.41, 5.74) is 2.53. The Hall–Kier alpha value is -0.830. The van der Waals surface area contributed by atoms with Crippen LogP contribution in [-0.4, -0.2) is 22.9 Å². The minimum Gasteiger partial charge on any atom is -0.316 e. The monoisotopic (exact) mass is 207 g/mol. The summed E-state index contributed by atoms with van der Waals surface area (Å²) in [5, 5.41) is 7.94. The number of aryl methyl sites for hydroxylation is 2. The van der Waals surface area contributed by atoms with Crippen LogP contribution >= 0.6 is 0 Å². The molecule has 15 heavy (non-hydrogen) atoms. The highest BCUT2D eigenvalue weighted by atomic mass is 15.3. The fraction of sp³-hybridized carbons (Fsp3) is 0.750. The molecule has 0 aliphatic carbocycles. The molecule has 0 radical (unpaired) electrons. The Morgan fingerprint density at radius 2 is 2.33 bits per heavy atom. The number of aromatic nitrogens is 2. The second-order valence-electron chi connectivity index (χ2n) is 4.65. The van der Waals surface area contributed by atoms with E-state index >= 15 is 0 Å². The van der Waals surface area contributed by atoms with E-state index in [1.807, 2.05) is 0 Å². The van der Waals surface area contributed by atoms with Gasteiger partial charge in [-0.1, -0.05) is 13.3 Å². The molecule has 0 amide bonds. The van der Waals surface area contributed by atoms with Crippen LogP contribution < -0.4 is 5.32 Å². The first-order valence-electron chi connectivity index (χ1n) is 5.93. The lowest BCUT2D eigenvalue weighted by atomic mass is 9.89. The average molecular weight is 207 g/mol. The number of rotatable bonds is 3. The number of hydrogen-bond acceptors (Lipinski definition) is 2. The minimum atomic E-state index is 0.663. The van der Waals surface area contributed by atoms with Gasteiger partial charge in [-0.15, -0.1) is 0 Å². The molecule has 3 heteroatoms. The molecule has 0 spiro atoms. The minimum absolute atomic E-state index is 0.663. The second kappa shape index (κ2) is 4.35. The van der Waals surface area contributed by atoms with E-state index in [2.05, 4.69) is 42.1 Å². The van der Waals surface area contributed by atoms with E-state index < -0.39 is 0 Å². The summed E-state index contributed by atoms with van der Waals surface area (Å²) >= 11 is 0. The molecule has 0 bridgehead atoms. The fourth-order valence-electron chi connectivity index (χ4n) is 2.73. The lowest BCUT2D eigenvalue weighted by Crippen LogP contribution is -2.14. The van der Waals surface area contributed by atoms with Gasteiger partial charge in [-0.2, -0.15) is 5.10 Å². The van der Waals surface area contributed by atoms with Crippen molar-refractivity contribution in [2.45, 2.75) is 32.6 Å². The predicted octanol–water partition coefficient (Wildman–Crippen LogP) is 1.83. The van der Waals surface area contributed by atoms with E-state index in [9.17, 15) is 0 Å². The molecule has 1 aromatic rings. The van der Waals surface area contributed by atoms with Crippen LogP contribution in [0.3, 0.4) is 0 Å². The third-order valence-electron chi connectivity index (χ3n) is 3.42. The molecule has 1 N–H and O–H groups in total. The van der Waals surface area contributed by atoms with Crippen LogP contribution in [0.5, 0.6) is 0 Å². The Morgan fingerprint density at radius 1 is 1.53 bits per heavy atom. The van der Waals surface area contributed by atoms with Crippen LogP contribution in [0.2, 0.25) is 0 Å². The van der Waals surface area contributed by atoms with E-state index in [1.165, 1.54) is 25.1 Å². The summed E-state index contributed by atoms with van der Waals surface area (Å²) in [4.78, 5) is 0. The summed E-state index contributed by atoms with van der Waals surface area (Å²) in [5.74, 6) is 1.46. The van der Waals surface area contributed by atoms with Crippen molar-refractivity contribution in [3.05, 3.63) is 17.5 Å². The van der Waals surface area contributed by atoms with Crippen LogP contribution in [0.25, 0.3) is 0 Å². The van der Waals surface area contributed by atoms with Gasteiger partial charge in [0.15, 0.2) is 0 Å². The van der Waals surface area contributed by atoms with Crippen molar-refractivity contribution in [3.63, 3.8) is 0 Å². The van der Waals surface area contributed by atoms with Crippen molar-refractivity contribution in [2.75, 3.05) is 13.1 Å². The van der Waals surface area contributed by atoms with Gasteiger partial charge < -0.3 is 5.32 Å². The highest BCUT2D eigenvalue weighted by Crippen LogP contribution is 2.31. The maximum Gasteiger partial charge on any atom is 0.0596 e. The Labute approximate surface area is 91.9 Å². The SMILES string of the molecule is CCCC1CNCC1c1cc(C)nn1C. The molecule has 3 nitrogen and oxygen atoms in total. The summed E-state index contributed by atoms with van der Waals surface area (Å²) in [6.07, 6.45) is 2.60. The molecule has 1 saturated heterocycles. The van der Waals surface area contributed by atoms with Crippen molar-refractivity contribution in [3.8, 4) is 0 Å². The molecule has 2 heterocycles. The Kier molecular flexibility index (Phi) is 3.10. The lowest BCUT2D eigenvalue weighted by Gasteiger charge is -2.17. The zero-order valence-electron chi connectivity index (χ0n) is 9.95. The van der Waals surface area contributed by atoms with Crippen LogP contribution in [0.1, 0.15) is 37.1 Å². The average Bonchev–Trinajstić information content (AvgIpc) is 2.73. The quantitative estimate of drug-likeness (QED) is 0.819. The topological polar surface area (TPSA) is 29.9 Å². The van der Waals surface area contributed by atoms with E-state index in [0.717, 1.165) is 18.2 Å². The summed E-state index contributed by atoms with van der Waals surface area (Å²) in [7, 11) is 2.06. The third kappa shape index (κ3) is 2.07. The highest BCUT2D eigenvalue weighted by Gasteiger charge is 2.29. The van der Waals surface area contributed by atoms with Crippen LogP contribution in [0.15, 0.2) is 6.07 Å². The van der Waals surface area contributed by atoms with E-state index in [-0.39, 0.29) is 0 Å². The summed E-state index contributed by atoms with van der Waals surface area (Å²) in [6.45, 7) is 6.62. The molecular formula is C12H21N3. The molecule has 1 fully saturated rings. The van der Waals surface area contributed by atoms with Gasteiger partial charge in [-0.25, -0.2) is 0 Å². The lowest BCUT2D eigenvalue weighted by molar-refractivity contribution is 0.453.